The lowest BCUT2D eigenvalue weighted by Gasteiger charge is -2.31. The number of nitrogens with zero attached hydrogens (tertiary/aromatic N) is 4. The number of hydrogen-bond donors (Lipinski definition) is 1. The molecule has 1 aliphatic carbocycles. The van der Waals surface area contributed by atoms with E-state index in [1.165, 1.54) is 12.1 Å². The first-order valence-electron chi connectivity index (χ1n) is 14.3. The Morgan fingerprint density at radius 2 is 1.73 bits per heavy atom. The maximum Gasteiger partial charge on any atom is 0.434 e. The number of carboxylic acids is 1. The minimum Gasteiger partial charge on any atom is -0.488 e. The van der Waals surface area contributed by atoms with Gasteiger partial charge in [0.15, 0.2) is 11.5 Å². The normalized spacial score (nSPS) is 16.5. The molecule has 4 aromatic rings. The van der Waals surface area contributed by atoms with Crippen LogP contribution in [0.15, 0.2) is 66.9 Å². The summed E-state index contributed by atoms with van der Waals surface area (Å²) in [6.07, 6.45) is -1.30. The summed E-state index contributed by atoms with van der Waals surface area (Å²) in [7, 11) is -3.15. The van der Waals surface area contributed by atoms with Gasteiger partial charge in [-0.2, -0.15) is 18.3 Å². The summed E-state index contributed by atoms with van der Waals surface area (Å²) < 4.78 is 74.7. The molecular formula is C31H28ClF3N4O5S. The Labute approximate surface area is 262 Å². The molecule has 0 radical (unpaired) electrons. The van der Waals surface area contributed by atoms with Gasteiger partial charge >= 0.3 is 12.1 Å². The number of piperidine rings is 1. The highest BCUT2D eigenvalue weighted by Crippen LogP contribution is 2.37. The number of sulfonamides is 1. The molecule has 0 atom stereocenters. The number of aromatic nitrogens is 3. The van der Waals surface area contributed by atoms with E-state index >= 15 is 0 Å². The lowest BCUT2D eigenvalue weighted by Crippen LogP contribution is -2.39. The standard InChI is InChI=1S/C31H28ClF3N4O5S/c32-22-8-11-27(24(16-22)26-2-1-3-28(37-26)39-29(31(33,34)35)25(17-36-39)30(40)41)44-18-19-4-6-20(7-5-19)21-12-14-38(15-13-21)45(42,43)23-9-10-23/h1-8,11,16-17,21,23H,9-10,12-15,18H2,(H,40,41). The number of hydrogen-bond acceptors (Lipinski definition) is 6. The van der Waals surface area contributed by atoms with E-state index < -0.39 is 33.4 Å². The van der Waals surface area contributed by atoms with Gasteiger partial charge in [0.05, 0.1) is 17.1 Å². The zero-order valence-electron chi connectivity index (χ0n) is 23.7. The SMILES string of the molecule is O=C(O)c1cnn(-c2cccc(-c3cc(Cl)ccc3OCc3ccc(C4CCN(S(=O)(=O)C5CC5)CC4)cc3)n2)c1C(F)(F)F. The molecule has 236 valence electrons. The van der Waals surface area contributed by atoms with E-state index in [9.17, 15) is 31.5 Å². The number of carboxylic acid groups (broad SMARTS) is 1. The van der Waals surface area contributed by atoms with E-state index in [4.69, 9.17) is 16.3 Å². The molecule has 1 N–H and O–H groups in total. The molecule has 1 aliphatic heterocycles. The summed E-state index contributed by atoms with van der Waals surface area (Å²) in [6.45, 7) is 1.25. The number of aromatic carboxylic acids is 1. The second kappa shape index (κ2) is 12.1. The fraction of sp³-hybridized carbons (Fsp3) is 0.323. The lowest BCUT2D eigenvalue weighted by atomic mass is 9.90. The molecule has 14 heteroatoms. The molecule has 9 nitrogen and oxygen atoms in total. The summed E-state index contributed by atoms with van der Waals surface area (Å²) in [4.78, 5) is 15.8. The van der Waals surface area contributed by atoms with Crippen molar-refractivity contribution in [1.82, 2.24) is 19.1 Å². The number of pyridine rings is 1. The van der Waals surface area contributed by atoms with Gasteiger partial charge in [-0.1, -0.05) is 41.9 Å². The largest absolute Gasteiger partial charge is 0.488 e. The van der Waals surface area contributed by atoms with Gasteiger partial charge in [0.1, 0.15) is 17.9 Å². The molecule has 2 aromatic carbocycles. The zero-order valence-corrected chi connectivity index (χ0v) is 25.3. The number of halogens is 4. The zero-order chi connectivity index (χ0) is 31.9. The van der Waals surface area contributed by atoms with Crippen molar-refractivity contribution < 1.29 is 36.2 Å². The Hall–Kier alpha value is -3.94. The summed E-state index contributed by atoms with van der Waals surface area (Å²) in [5.41, 5.74) is 0.254. The fourth-order valence-corrected chi connectivity index (χ4v) is 7.58. The van der Waals surface area contributed by atoms with Gasteiger partial charge in [0.25, 0.3) is 0 Å². The van der Waals surface area contributed by atoms with Crippen molar-refractivity contribution in [1.29, 1.82) is 0 Å². The van der Waals surface area contributed by atoms with Crippen molar-refractivity contribution in [2.75, 3.05) is 13.1 Å². The van der Waals surface area contributed by atoms with E-state index in [0.29, 0.717) is 40.3 Å². The molecule has 45 heavy (non-hydrogen) atoms. The summed E-state index contributed by atoms with van der Waals surface area (Å²) in [6, 6.07) is 17.1. The predicted molar refractivity (Wildman–Crippen MR) is 160 cm³/mol. The molecule has 2 aliphatic rings. The van der Waals surface area contributed by atoms with E-state index in [0.717, 1.165) is 36.8 Å². The molecule has 0 amide bonds. The van der Waals surface area contributed by atoms with Crippen molar-refractivity contribution in [3.63, 3.8) is 0 Å². The Kier molecular flexibility index (Phi) is 8.35. The molecule has 6 rings (SSSR count). The van der Waals surface area contributed by atoms with Crippen LogP contribution in [-0.4, -0.2) is 56.9 Å². The van der Waals surface area contributed by atoms with Gasteiger partial charge in [0.2, 0.25) is 10.0 Å². The van der Waals surface area contributed by atoms with Crippen molar-refractivity contribution in [2.45, 2.75) is 49.6 Å². The first-order chi connectivity index (χ1) is 21.4. The van der Waals surface area contributed by atoms with E-state index in [1.54, 1.807) is 28.6 Å². The van der Waals surface area contributed by atoms with Gasteiger partial charge in [0, 0.05) is 23.7 Å². The number of carbonyl (C=O) groups is 1. The van der Waals surface area contributed by atoms with Crippen molar-refractivity contribution in [2.24, 2.45) is 0 Å². The van der Waals surface area contributed by atoms with E-state index in [-0.39, 0.29) is 29.3 Å². The molecule has 0 unspecified atom stereocenters. The van der Waals surface area contributed by atoms with E-state index in [2.05, 4.69) is 10.1 Å². The Bertz CT molecular complexity index is 1830. The Morgan fingerprint density at radius 1 is 1.02 bits per heavy atom. The smallest absolute Gasteiger partial charge is 0.434 e. The Balaban J connectivity index is 1.17. The van der Waals surface area contributed by atoms with Crippen LogP contribution in [0.5, 0.6) is 5.75 Å². The first kappa shape index (κ1) is 31.1. The number of alkyl halides is 3. The molecule has 2 fully saturated rings. The van der Waals surface area contributed by atoms with Crippen LogP contribution in [0.25, 0.3) is 17.1 Å². The van der Waals surface area contributed by atoms with Gasteiger partial charge in [-0.05, 0) is 73.1 Å². The van der Waals surface area contributed by atoms with Crippen LogP contribution >= 0.6 is 11.6 Å². The third-order valence-corrected chi connectivity index (χ3v) is 10.7. The average Bonchev–Trinajstić information content (AvgIpc) is 3.78. The first-order valence-corrected chi connectivity index (χ1v) is 16.2. The van der Waals surface area contributed by atoms with Crippen LogP contribution in [0, 0.1) is 0 Å². The maximum atomic E-state index is 13.8. The molecule has 2 aromatic heterocycles. The van der Waals surface area contributed by atoms with Gasteiger partial charge in [-0.3, -0.25) is 0 Å². The number of benzene rings is 2. The molecular weight excluding hydrogens is 633 g/mol. The predicted octanol–water partition coefficient (Wildman–Crippen LogP) is 6.56. The van der Waals surface area contributed by atoms with Crippen LogP contribution in [-0.2, 0) is 22.8 Å². The second-order valence-corrected chi connectivity index (χ2v) is 13.7. The third-order valence-electron chi connectivity index (χ3n) is 8.04. The number of rotatable bonds is 9. The monoisotopic (exact) mass is 660 g/mol. The molecule has 0 bridgehead atoms. The lowest BCUT2D eigenvalue weighted by molar-refractivity contribution is -0.143. The third kappa shape index (κ3) is 6.56. The summed E-state index contributed by atoms with van der Waals surface area (Å²) in [5, 5.41) is 13.1. The van der Waals surface area contributed by atoms with Gasteiger partial charge in [-0.25, -0.2) is 27.2 Å². The molecule has 0 spiro atoms. The maximum absolute atomic E-state index is 13.8. The van der Waals surface area contributed by atoms with Crippen LogP contribution in [0.3, 0.4) is 0 Å². The quantitative estimate of drug-likeness (QED) is 0.216. The van der Waals surface area contributed by atoms with Crippen LogP contribution < -0.4 is 4.74 Å². The Morgan fingerprint density at radius 3 is 2.38 bits per heavy atom. The second-order valence-electron chi connectivity index (χ2n) is 11.1. The van der Waals surface area contributed by atoms with Crippen LogP contribution in [0.4, 0.5) is 13.2 Å². The highest BCUT2D eigenvalue weighted by atomic mass is 35.5. The highest BCUT2D eigenvalue weighted by molar-refractivity contribution is 7.90. The van der Waals surface area contributed by atoms with Gasteiger partial charge in [-0.15, -0.1) is 0 Å². The molecule has 1 saturated heterocycles. The van der Waals surface area contributed by atoms with E-state index in [1.807, 2.05) is 24.3 Å². The topological polar surface area (TPSA) is 115 Å². The summed E-state index contributed by atoms with van der Waals surface area (Å²) >= 11 is 6.26. The minimum absolute atomic E-state index is 0.187. The van der Waals surface area contributed by atoms with Crippen molar-refractivity contribution in [3.05, 3.63) is 94.3 Å². The fourth-order valence-electron chi connectivity index (χ4n) is 5.54. The average molecular weight is 661 g/mol. The van der Waals surface area contributed by atoms with Crippen molar-refractivity contribution in [3.8, 4) is 22.8 Å². The highest BCUT2D eigenvalue weighted by Gasteiger charge is 2.42. The van der Waals surface area contributed by atoms with Gasteiger partial charge < -0.3 is 9.84 Å². The summed E-state index contributed by atoms with van der Waals surface area (Å²) in [5.74, 6) is -1.33. The number of ether oxygens (including phenoxy) is 1. The molecule has 1 saturated carbocycles. The van der Waals surface area contributed by atoms with Crippen LogP contribution in [0.1, 0.15) is 58.8 Å². The van der Waals surface area contributed by atoms with Crippen LogP contribution in [0.2, 0.25) is 5.02 Å². The van der Waals surface area contributed by atoms with Crippen molar-refractivity contribution >= 4 is 27.6 Å². The minimum atomic E-state index is -4.99. The molecule has 3 heterocycles.